The second-order valence-corrected chi connectivity index (χ2v) is 4.18. The van der Waals surface area contributed by atoms with Crippen molar-refractivity contribution in [2.75, 3.05) is 6.54 Å². The molecule has 0 aliphatic heterocycles. The molecule has 2 aromatic heterocycles. The minimum Gasteiger partial charge on any atom is -0.368 e. The standard InChI is InChI=1S/C9H10N6O2S/c10-7(16)3-11-8(17)4-15-13-9(12-14-15)6-1-2-18-5-6/h1-2,5H,3-4H2,(H2,10,16)(H,11,17). The van der Waals surface area contributed by atoms with Crippen LogP contribution in [0.4, 0.5) is 0 Å². The zero-order chi connectivity index (χ0) is 13.0. The monoisotopic (exact) mass is 266 g/mol. The lowest BCUT2D eigenvalue weighted by molar-refractivity contribution is -0.125. The Bertz CT molecular complexity index is 549. The van der Waals surface area contributed by atoms with E-state index in [9.17, 15) is 9.59 Å². The van der Waals surface area contributed by atoms with Gasteiger partial charge in [0.25, 0.3) is 0 Å². The fraction of sp³-hybridized carbons (Fsp3) is 0.222. The highest BCUT2D eigenvalue weighted by molar-refractivity contribution is 7.08. The van der Waals surface area contributed by atoms with Crippen molar-refractivity contribution in [3.8, 4) is 11.4 Å². The summed E-state index contributed by atoms with van der Waals surface area (Å²) in [7, 11) is 0. The quantitative estimate of drug-likeness (QED) is 0.720. The Morgan fingerprint density at radius 2 is 2.33 bits per heavy atom. The molecule has 3 N–H and O–H groups in total. The Morgan fingerprint density at radius 3 is 3.00 bits per heavy atom. The summed E-state index contributed by atoms with van der Waals surface area (Å²) >= 11 is 1.52. The van der Waals surface area contributed by atoms with Crippen LogP contribution in [0.15, 0.2) is 16.8 Å². The van der Waals surface area contributed by atoms with Gasteiger partial charge in [-0.2, -0.15) is 16.1 Å². The second kappa shape index (κ2) is 5.36. The summed E-state index contributed by atoms with van der Waals surface area (Å²) in [4.78, 5) is 23.0. The van der Waals surface area contributed by atoms with E-state index in [2.05, 4.69) is 20.7 Å². The number of tetrazole rings is 1. The van der Waals surface area contributed by atoms with Gasteiger partial charge in [0, 0.05) is 10.9 Å². The van der Waals surface area contributed by atoms with Crippen LogP contribution >= 0.6 is 11.3 Å². The van der Waals surface area contributed by atoms with Gasteiger partial charge in [0.15, 0.2) is 0 Å². The van der Waals surface area contributed by atoms with Crippen LogP contribution in [0.2, 0.25) is 0 Å². The number of thiophene rings is 1. The smallest absolute Gasteiger partial charge is 0.244 e. The summed E-state index contributed by atoms with van der Waals surface area (Å²) in [5.74, 6) is -0.545. The maximum Gasteiger partial charge on any atom is 0.244 e. The first-order chi connectivity index (χ1) is 8.65. The zero-order valence-electron chi connectivity index (χ0n) is 9.24. The molecule has 2 amide bonds. The van der Waals surface area contributed by atoms with E-state index in [1.54, 1.807) is 0 Å². The lowest BCUT2D eigenvalue weighted by Crippen LogP contribution is -2.35. The van der Waals surface area contributed by atoms with Crippen LogP contribution in [0.25, 0.3) is 11.4 Å². The van der Waals surface area contributed by atoms with Crippen LogP contribution < -0.4 is 11.1 Å². The van der Waals surface area contributed by atoms with Crippen molar-refractivity contribution in [1.29, 1.82) is 0 Å². The van der Waals surface area contributed by atoms with Crippen molar-refractivity contribution >= 4 is 23.2 Å². The maximum absolute atomic E-state index is 11.4. The molecule has 18 heavy (non-hydrogen) atoms. The number of hydrogen-bond acceptors (Lipinski definition) is 6. The molecule has 0 saturated carbocycles. The first-order valence-corrected chi connectivity index (χ1v) is 5.95. The summed E-state index contributed by atoms with van der Waals surface area (Å²) in [6.45, 7) is -0.310. The van der Waals surface area contributed by atoms with Crippen LogP contribution in [-0.2, 0) is 16.1 Å². The molecule has 2 rings (SSSR count). The van der Waals surface area contributed by atoms with Gasteiger partial charge in [-0.15, -0.1) is 10.2 Å². The maximum atomic E-state index is 11.4. The summed E-state index contributed by atoms with van der Waals surface area (Å²) in [5, 5.41) is 17.7. The Balaban J connectivity index is 1.95. The second-order valence-electron chi connectivity index (χ2n) is 3.40. The molecule has 0 aromatic carbocycles. The number of amides is 2. The number of aromatic nitrogens is 4. The van der Waals surface area contributed by atoms with Gasteiger partial charge in [0.2, 0.25) is 17.6 Å². The third-order valence-electron chi connectivity index (χ3n) is 1.98. The third kappa shape index (κ3) is 3.10. The number of primary amides is 1. The van der Waals surface area contributed by atoms with Crippen LogP contribution in [0.5, 0.6) is 0 Å². The van der Waals surface area contributed by atoms with Crippen LogP contribution in [-0.4, -0.2) is 38.6 Å². The summed E-state index contributed by atoms with van der Waals surface area (Å²) in [6.07, 6.45) is 0. The normalized spacial score (nSPS) is 10.2. The predicted octanol–water partition coefficient (Wildman–Crippen LogP) is -0.997. The highest BCUT2D eigenvalue weighted by Crippen LogP contribution is 2.16. The average Bonchev–Trinajstić information content (AvgIpc) is 2.95. The molecule has 0 fully saturated rings. The highest BCUT2D eigenvalue weighted by Gasteiger charge is 2.09. The fourth-order valence-electron chi connectivity index (χ4n) is 1.19. The number of carbonyl (C=O) groups excluding carboxylic acids is 2. The Hall–Kier alpha value is -2.29. The fourth-order valence-corrected chi connectivity index (χ4v) is 1.82. The molecule has 0 bridgehead atoms. The molecular weight excluding hydrogens is 256 g/mol. The molecule has 0 aliphatic carbocycles. The molecule has 0 spiro atoms. The molecule has 0 aliphatic rings. The summed E-state index contributed by atoms with van der Waals surface area (Å²) in [6, 6.07) is 1.86. The van der Waals surface area contributed by atoms with E-state index in [0.29, 0.717) is 5.82 Å². The van der Waals surface area contributed by atoms with E-state index >= 15 is 0 Å². The van der Waals surface area contributed by atoms with Crippen LogP contribution in [0.3, 0.4) is 0 Å². The van der Waals surface area contributed by atoms with Gasteiger partial charge < -0.3 is 11.1 Å². The molecule has 2 aromatic rings. The van der Waals surface area contributed by atoms with Crippen LogP contribution in [0, 0.1) is 0 Å². The lowest BCUT2D eigenvalue weighted by atomic mass is 10.3. The summed E-state index contributed by atoms with van der Waals surface area (Å²) < 4.78 is 0. The van der Waals surface area contributed by atoms with E-state index in [-0.39, 0.29) is 13.1 Å². The van der Waals surface area contributed by atoms with E-state index < -0.39 is 11.8 Å². The Kier molecular flexibility index (Phi) is 3.63. The number of hydrogen-bond donors (Lipinski definition) is 2. The Morgan fingerprint density at radius 1 is 1.50 bits per heavy atom. The third-order valence-corrected chi connectivity index (χ3v) is 2.66. The highest BCUT2D eigenvalue weighted by atomic mass is 32.1. The number of rotatable bonds is 5. The van der Waals surface area contributed by atoms with E-state index in [1.807, 2.05) is 16.8 Å². The molecule has 8 nitrogen and oxygen atoms in total. The van der Waals surface area contributed by atoms with Gasteiger partial charge in [-0.05, 0) is 16.7 Å². The topological polar surface area (TPSA) is 116 Å². The SMILES string of the molecule is NC(=O)CNC(=O)Cn1nnc(-c2ccsc2)n1. The molecule has 9 heteroatoms. The van der Waals surface area contributed by atoms with Crippen LogP contribution in [0.1, 0.15) is 0 Å². The number of carbonyl (C=O) groups is 2. The molecular formula is C9H10N6O2S. The number of nitrogens with two attached hydrogens (primary N) is 1. The Labute approximate surface area is 106 Å². The van der Waals surface area contributed by atoms with Crippen molar-refractivity contribution in [3.05, 3.63) is 16.8 Å². The summed E-state index contributed by atoms with van der Waals surface area (Å²) in [5.41, 5.74) is 5.75. The molecule has 0 radical (unpaired) electrons. The lowest BCUT2D eigenvalue weighted by Gasteiger charge is -2.00. The van der Waals surface area contributed by atoms with E-state index in [0.717, 1.165) is 10.4 Å². The molecule has 0 atom stereocenters. The van der Waals surface area contributed by atoms with Crippen molar-refractivity contribution < 1.29 is 9.59 Å². The van der Waals surface area contributed by atoms with Crippen molar-refractivity contribution in [1.82, 2.24) is 25.5 Å². The van der Waals surface area contributed by atoms with Crippen molar-refractivity contribution in [3.63, 3.8) is 0 Å². The van der Waals surface area contributed by atoms with E-state index in [1.165, 1.54) is 11.3 Å². The van der Waals surface area contributed by atoms with Gasteiger partial charge in [-0.1, -0.05) is 0 Å². The van der Waals surface area contributed by atoms with Crippen molar-refractivity contribution in [2.24, 2.45) is 5.73 Å². The molecule has 94 valence electrons. The average molecular weight is 266 g/mol. The largest absolute Gasteiger partial charge is 0.368 e. The van der Waals surface area contributed by atoms with Gasteiger partial charge in [0.1, 0.15) is 6.54 Å². The first-order valence-electron chi connectivity index (χ1n) is 5.00. The van der Waals surface area contributed by atoms with E-state index in [4.69, 9.17) is 5.73 Å². The van der Waals surface area contributed by atoms with Gasteiger partial charge in [-0.25, -0.2) is 0 Å². The molecule has 2 heterocycles. The number of nitrogens with zero attached hydrogens (tertiary/aromatic N) is 4. The molecule has 0 unspecified atom stereocenters. The predicted molar refractivity (Wildman–Crippen MR) is 63.3 cm³/mol. The van der Waals surface area contributed by atoms with Gasteiger partial charge in [-0.3, -0.25) is 9.59 Å². The van der Waals surface area contributed by atoms with Crippen molar-refractivity contribution in [2.45, 2.75) is 6.54 Å². The number of nitrogens with one attached hydrogen (secondary N) is 1. The minimum absolute atomic E-state index is 0.107. The minimum atomic E-state index is -0.603. The molecule has 0 saturated heterocycles. The zero-order valence-corrected chi connectivity index (χ0v) is 10.1. The van der Waals surface area contributed by atoms with Gasteiger partial charge >= 0.3 is 0 Å². The first kappa shape index (κ1) is 12.2. The van der Waals surface area contributed by atoms with Gasteiger partial charge in [0.05, 0.1) is 6.54 Å².